The molecule has 0 aliphatic rings. The van der Waals surface area contributed by atoms with Crippen LogP contribution in [0.25, 0.3) is 0 Å². The van der Waals surface area contributed by atoms with Gasteiger partial charge in [-0.3, -0.25) is 0 Å². The van der Waals surface area contributed by atoms with Crippen LogP contribution in [0.2, 0.25) is 0 Å². The first kappa shape index (κ1) is 15.3. The Kier molecular flexibility index (Phi) is 7.37. The monoisotopic (exact) mass is 258 g/mol. The average Bonchev–Trinajstić information content (AvgIpc) is 2.42. The minimum absolute atomic E-state index is 0.322. The van der Waals surface area contributed by atoms with Gasteiger partial charge in [0.15, 0.2) is 0 Å². The first-order chi connectivity index (χ1) is 9.22. The number of aromatic hydroxyl groups is 1. The van der Waals surface area contributed by atoms with E-state index in [1.807, 2.05) is 19.1 Å². The largest absolute Gasteiger partial charge is 0.508 e. The molecule has 0 aliphatic heterocycles. The molecule has 0 saturated carbocycles. The Morgan fingerprint density at radius 3 is 1.89 bits per heavy atom. The predicted octanol–water partition coefficient (Wildman–Crippen LogP) is 4.05. The smallest absolute Gasteiger partial charge is 0.115 e. The van der Waals surface area contributed by atoms with Crippen molar-refractivity contribution in [3.8, 4) is 5.75 Å². The number of para-hydroxylation sites is 1. The van der Waals surface area contributed by atoms with Crippen LogP contribution in [0.3, 0.4) is 0 Å². The summed E-state index contributed by atoms with van der Waals surface area (Å²) in [5.74, 6) is 0.322. The van der Waals surface area contributed by atoms with E-state index in [1.54, 1.807) is 24.3 Å². The third-order valence-electron chi connectivity index (χ3n) is 2.57. The molecular weight excluding hydrogens is 236 g/mol. The summed E-state index contributed by atoms with van der Waals surface area (Å²) in [6, 6.07) is 19.1. The van der Waals surface area contributed by atoms with E-state index in [0.29, 0.717) is 11.9 Å². The average molecular weight is 258 g/mol. The maximum atomic E-state index is 8.63. The van der Waals surface area contributed by atoms with Crippen LogP contribution < -0.4 is 0 Å². The molecular formula is C17H22O2. The fourth-order valence-corrected chi connectivity index (χ4v) is 1.72. The van der Waals surface area contributed by atoms with Crippen molar-refractivity contribution in [2.24, 2.45) is 0 Å². The van der Waals surface area contributed by atoms with Gasteiger partial charge in [0.2, 0.25) is 0 Å². The van der Waals surface area contributed by atoms with Crippen LogP contribution in [0, 0.1) is 0 Å². The van der Waals surface area contributed by atoms with Crippen molar-refractivity contribution in [2.75, 3.05) is 6.61 Å². The highest BCUT2D eigenvalue weighted by Gasteiger charge is 2.00. The number of hydrogen-bond donors (Lipinski definition) is 1. The van der Waals surface area contributed by atoms with Crippen molar-refractivity contribution in [2.45, 2.75) is 26.4 Å². The fraction of sp³-hybridized carbons (Fsp3) is 0.294. The van der Waals surface area contributed by atoms with Crippen molar-refractivity contribution in [1.29, 1.82) is 0 Å². The molecule has 2 nitrogen and oxygen atoms in total. The van der Waals surface area contributed by atoms with Crippen LogP contribution in [0.15, 0.2) is 60.7 Å². The molecule has 1 unspecified atom stereocenters. The highest BCUT2D eigenvalue weighted by atomic mass is 16.5. The van der Waals surface area contributed by atoms with Gasteiger partial charge in [0.05, 0.1) is 6.10 Å². The van der Waals surface area contributed by atoms with Gasteiger partial charge >= 0.3 is 0 Å². The second kappa shape index (κ2) is 9.17. The Morgan fingerprint density at radius 2 is 1.47 bits per heavy atom. The number of ether oxygens (including phenoxy) is 1. The van der Waals surface area contributed by atoms with Crippen molar-refractivity contribution in [3.63, 3.8) is 0 Å². The van der Waals surface area contributed by atoms with Gasteiger partial charge in [-0.25, -0.2) is 0 Å². The van der Waals surface area contributed by atoms with E-state index < -0.39 is 0 Å². The number of phenolic OH excluding ortho intramolecular Hbond substituents is 1. The van der Waals surface area contributed by atoms with E-state index in [9.17, 15) is 0 Å². The van der Waals surface area contributed by atoms with Crippen LogP contribution in [0.4, 0.5) is 0 Å². The number of benzene rings is 2. The molecule has 2 aromatic carbocycles. The van der Waals surface area contributed by atoms with E-state index in [1.165, 1.54) is 5.56 Å². The van der Waals surface area contributed by atoms with Gasteiger partial charge in [-0.15, -0.1) is 0 Å². The quantitative estimate of drug-likeness (QED) is 0.896. The molecule has 1 atom stereocenters. The Hall–Kier alpha value is -1.80. The van der Waals surface area contributed by atoms with Crippen molar-refractivity contribution in [1.82, 2.24) is 0 Å². The second-order valence-corrected chi connectivity index (χ2v) is 4.29. The summed E-state index contributed by atoms with van der Waals surface area (Å²) in [4.78, 5) is 0. The maximum Gasteiger partial charge on any atom is 0.115 e. The Bertz CT molecular complexity index is 426. The lowest BCUT2D eigenvalue weighted by atomic mass is 10.1. The topological polar surface area (TPSA) is 29.5 Å². The van der Waals surface area contributed by atoms with E-state index >= 15 is 0 Å². The first-order valence-corrected chi connectivity index (χ1v) is 6.62. The molecule has 0 spiro atoms. The maximum absolute atomic E-state index is 8.63. The Labute approximate surface area is 115 Å². The molecule has 0 heterocycles. The first-order valence-electron chi connectivity index (χ1n) is 6.62. The standard InChI is InChI=1S/C11H16O.C6H6O/c1-3-12-10(2)9-11-7-5-4-6-8-11;7-6-4-2-1-3-5-6/h4-8,10H,3,9H2,1-2H3;1-5,7H. The molecule has 2 rings (SSSR count). The summed E-state index contributed by atoms with van der Waals surface area (Å²) in [6.45, 7) is 4.94. The zero-order chi connectivity index (χ0) is 13.9. The molecule has 0 radical (unpaired) electrons. The van der Waals surface area contributed by atoms with Gasteiger partial charge in [-0.2, -0.15) is 0 Å². The summed E-state index contributed by atoms with van der Waals surface area (Å²) >= 11 is 0. The lowest BCUT2D eigenvalue weighted by Gasteiger charge is -2.10. The lowest BCUT2D eigenvalue weighted by molar-refractivity contribution is 0.0768. The molecule has 0 amide bonds. The number of phenols is 1. The minimum atomic E-state index is 0.322. The third kappa shape index (κ3) is 7.27. The van der Waals surface area contributed by atoms with E-state index in [0.717, 1.165) is 13.0 Å². The van der Waals surface area contributed by atoms with Gasteiger partial charge in [-0.05, 0) is 38.0 Å². The predicted molar refractivity (Wildman–Crippen MR) is 79.3 cm³/mol. The third-order valence-corrected chi connectivity index (χ3v) is 2.57. The summed E-state index contributed by atoms with van der Waals surface area (Å²) in [6.07, 6.45) is 1.34. The molecule has 102 valence electrons. The summed E-state index contributed by atoms with van der Waals surface area (Å²) in [7, 11) is 0. The molecule has 0 saturated heterocycles. The van der Waals surface area contributed by atoms with Gasteiger partial charge in [0.1, 0.15) is 5.75 Å². The summed E-state index contributed by atoms with van der Waals surface area (Å²) in [5, 5.41) is 8.63. The molecule has 0 aliphatic carbocycles. The highest BCUT2D eigenvalue weighted by molar-refractivity contribution is 5.18. The zero-order valence-corrected chi connectivity index (χ0v) is 11.6. The van der Waals surface area contributed by atoms with E-state index in [-0.39, 0.29) is 0 Å². The van der Waals surface area contributed by atoms with Crippen molar-refractivity contribution < 1.29 is 9.84 Å². The molecule has 0 bridgehead atoms. The molecule has 0 fully saturated rings. The van der Waals surface area contributed by atoms with Crippen LogP contribution in [-0.4, -0.2) is 17.8 Å². The van der Waals surface area contributed by atoms with E-state index in [2.05, 4.69) is 31.2 Å². The van der Waals surface area contributed by atoms with Crippen molar-refractivity contribution in [3.05, 3.63) is 66.2 Å². The van der Waals surface area contributed by atoms with Crippen LogP contribution in [0.5, 0.6) is 5.75 Å². The number of rotatable bonds is 4. The fourth-order valence-electron chi connectivity index (χ4n) is 1.72. The summed E-state index contributed by atoms with van der Waals surface area (Å²) in [5.41, 5.74) is 1.35. The summed E-state index contributed by atoms with van der Waals surface area (Å²) < 4.78 is 5.45. The molecule has 2 heteroatoms. The molecule has 1 N–H and O–H groups in total. The number of hydrogen-bond acceptors (Lipinski definition) is 2. The Morgan fingerprint density at radius 1 is 0.947 bits per heavy atom. The van der Waals surface area contributed by atoms with Gasteiger partial charge < -0.3 is 9.84 Å². The van der Waals surface area contributed by atoms with Crippen LogP contribution in [-0.2, 0) is 11.2 Å². The Balaban J connectivity index is 0.000000218. The van der Waals surface area contributed by atoms with Gasteiger partial charge in [0, 0.05) is 6.61 Å². The minimum Gasteiger partial charge on any atom is -0.508 e. The van der Waals surface area contributed by atoms with Crippen molar-refractivity contribution >= 4 is 0 Å². The van der Waals surface area contributed by atoms with Crippen LogP contribution in [0.1, 0.15) is 19.4 Å². The molecule has 19 heavy (non-hydrogen) atoms. The lowest BCUT2D eigenvalue weighted by Crippen LogP contribution is -2.10. The van der Waals surface area contributed by atoms with Gasteiger partial charge in [0.25, 0.3) is 0 Å². The second-order valence-electron chi connectivity index (χ2n) is 4.29. The SMILES string of the molecule is CCOC(C)Cc1ccccc1.Oc1ccccc1. The highest BCUT2D eigenvalue weighted by Crippen LogP contribution is 2.05. The zero-order valence-electron chi connectivity index (χ0n) is 11.6. The van der Waals surface area contributed by atoms with Crippen LogP contribution >= 0.6 is 0 Å². The molecule has 0 aromatic heterocycles. The van der Waals surface area contributed by atoms with Gasteiger partial charge in [-0.1, -0.05) is 48.5 Å². The normalized spacial score (nSPS) is 11.3. The molecule has 2 aromatic rings. The van der Waals surface area contributed by atoms with E-state index in [4.69, 9.17) is 9.84 Å².